The fourth-order valence-electron chi connectivity index (χ4n) is 2.31. The minimum atomic E-state index is 0.371. The number of nitrogens with zero attached hydrogens (tertiary/aromatic N) is 2. The Hall–Kier alpha value is -1.79. The number of rotatable bonds is 6. The number of terminal acetylenes is 1. The molecule has 0 spiro atoms. The molecule has 0 amide bonds. The van der Waals surface area contributed by atoms with Gasteiger partial charge in [0.1, 0.15) is 0 Å². The predicted molar refractivity (Wildman–Crippen MR) is 79.8 cm³/mol. The van der Waals surface area contributed by atoms with Crippen molar-refractivity contribution in [3.05, 3.63) is 30.0 Å². The third kappa shape index (κ3) is 2.97. The van der Waals surface area contributed by atoms with E-state index in [1.165, 1.54) is 10.9 Å². The molecule has 0 fully saturated rings. The summed E-state index contributed by atoms with van der Waals surface area (Å²) in [6.45, 7) is 5.93. The van der Waals surface area contributed by atoms with Gasteiger partial charge >= 0.3 is 0 Å². The van der Waals surface area contributed by atoms with Crippen LogP contribution in [0, 0.1) is 12.3 Å². The van der Waals surface area contributed by atoms with Gasteiger partial charge in [-0.15, -0.1) is 12.3 Å². The second-order valence-electron chi connectivity index (χ2n) is 4.67. The Labute approximate surface area is 115 Å². The first-order chi connectivity index (χ1) is 9.30. The van der Waals surface area contributed by atoms with E-state index in [0.29, 0.717) is 6.04 Å². The molecule has 0 saturated carbocycles. The standard InChI is InChI=1S/C16H21N3/c1-4-9-13(5-2)17-12-15-14-10-7-8-11-16(14)19(6-3)18-15/h1,7-8,10-11,13,17H,5-6,9,12H2,2-3H3. The third-order valence-corrected chi connectivity index (χ3v) is 3.45. The van der Waals surface area contributed by atoms with Gasteiger partial charge in [0.25, 0.3) is 0 Å². The molecule has 0 radical (unpaired) electrons. The smallest absolute Gasteiger partial charge is 0.0841 e. The molecule has 1 unspecified atom stereocenters. The molecular formula is C16H21N3. The molecule has 1 aromatic heterocycles. The number of aryl methyl sites for hydroxylation is 1. The average molecular weight is 255 g/mol. The van der Waals surface area contributed by atoms with Crippen LogP contribution < -0.4 is 5.32 Å². The monoisotopic (exact) mass is 255 g/mol. The van der Waals surface area contributed by atoms with Crippen molar-refractivity contribution in [2.75, 3.05) is 0 Å². The quantitative estimate of drug-likeness (QED) is 0.804. The Morgan fingerprint density at radius 3 is 2.84 bits per heavy atom. The van der Waals surface area contributed by atoms with Crippen LogP contribution in [0.15, 0.2) is 24.3 Å². The van der Waals surface area contributed by atoms with E-state index in [9.17, 15) is 0 Å². The maximum absolute atomic E-state index is 5.38. The highest BCUT2D eigenvalue weighted by molar-refractivity contribution is 5.81. The molecule has 1 aromatic carbocycles. The molecular weight excluding hydrogens is 234 g/mol. The fraction of sp³-hybridized carbons (Fsp3) is 0.438. The van der Waals surface area contributed by atoms with Gasteiger partial charge in [0, 0.05) is 30.9 Å². The summed E-state index contributed by atoms with van der Waals surface area (Å²) in [4.78, 5) is 0. The zero-order valence-electron chi connectivity index (χ0n) is 11.7. The Morgan fingerprint density at radius 2 is 2.16 bits per heavy atom. The van der Waals surface area contributed by atoms with E-state index in [1.807, 2.05) is 0 Å². The zero-order chi connectivity index (χ0) is 13.7. The van der Waals surface area contributed by atoms with Crippen LogP contribution in [0.5, 0.6) is 0 Å². The molecule has 3 heteroatoms. The van der Waals surface area contributed by atoms with E-state index < -0.39 is 0 Å². The number of para-hydroxylation sites is 1. The maximum atomic E-state index is 5.38. The minimum Gasteiger partial charge on any atom is -0.307 e. The molecule has 0 saturated heterocycles. The highest BCUT2D eigenvalue weighted by Crippen LogP contribution is 2.18. The number of nitrogens with one attached hydrogen (secondary N) is 1. The van der Waals surface area contributed by atoms with Gasteiger partial charge in [0.05, 0.1) is 11.2 Å². The van der Waals surface area contributed by atoms with Crippen LogP contribution in [0.2, 0.25) is 0 Å². The lowest BCUT2D eigenvalue weighted by molar-refractivity contribution is 0.499. The average Bonchev–Trinajstić information content (AvgIpc) is 2.82. The Morgan fingerprint density at radius 1 is 1.37 bits per heavy atom. The largest absolute Gasteiger partial charge is 0.307 e. The normalized spacial score (nSPS) is 12.5. The lowest BCUT2D eigenvalue weighted by Crippen LogP contribution is -2.27. The fourth-order valence-corrected chi connectivity index (χ4v) is 2.31. The van der Waals surface area contributed by atoms with Crippen LogP contribution in [0.4, 0.5) is 0 Å². The van der Waals surface area contributed by atoms with Crippen LogP contribution in [-0.4, -0.2) is 15.8 Å². The van der Waals surface area contributed by atoms with Gasteiger partial charge in [0.15, 0.2) is 0 Å². The van der Waals surface area contributed by atoms with Gasteiger partial charge in [-0.2, -0.15) is 5.10 Å². The van der Waals surface area contributed by atoms with Crippen LogP contribution >= 0.6 is 0 Å². The van der Waals surface area contributed by atoms with E-state index >= 15 is 0 Å². The van der Waals surface area contributed by atoms with E-state index in [1.54, 1.807) is 0 Å². The molecule has 0 aliphatic rings. The lowest BCUT2D eigenvalue weighted by Gasteiger charge is -2.12. The molecule has 1 atom stereocenters. The van der Waals surface area contributed by atoms with Crippen molar-refractivity contribution in [2.24, 2.45) is 0 Å². The molecule has 2 rings (SSSR count). The van der Waals surface area contributed by atoms with Gasteiger partial charge in [-0.3, -0.25) is 4.68 Å². The summed E-state index contributed by atoms with van der Waals surface area (Å²) in [5.41, 5.74) is 2.31. The molecule has 0 aliphatic carbocycles. The molecule has 1 N–H and O–H groups in total. The summed E-state index contributed by atoms with van der Waals surface area (Å²) >= 11 is 0. The lowest BCUT2D eigenvalue weighted by atomic mass is 10.1. The molecule has 1 heterocycles. The first-order valence-corrected chi connectivity index (χ1v) is 6.91. The van der Waals surface area contributed by atoms with Crippen LogP contribution in [0.25, 0.3) is 10.9 Å². The molecule has 19 heavy (non-hydrogen) atoms. The highest BCUT2D eigenvalue weighted by Gasteiger charge is 2.10. The molecule has 3 nitrogen and oxygen atoms in total. The summed E-state index contributed by atoms with van der Waals surface area (Å²) in [7, 11) is 0. The highest BCUT2D eigenvalue weighted by atomic mass is 15.3. The SMILES string of the molecule is C#CCC(CC)NCc1nn(CC)c2ccccc12. The van der Waals surface area contributed by atoms with Crippen LogP contribution in [0.3, 0.4) is 0 Å². The van der Waals surface area contributed by atoms with E-state index in [2.05, 4.69) is 59.1 Å². The summed E-state index contributed by atoms with van der Waals surface area (Å²) in [6, 6.07) is 8.74. The van der Waals surface area contributed by atoms with Crippen molar-refractivity contribution in [1.82, 2.24) is 15.1 Å². The van der Waals surface area contributed by atoms with Crippen molar-refractivity contribution >= 4 is 10.9 Å². The summed E-state index contributed by atoms with van der Waals surface area (Å²) < 4.78 is 2.05. The predicted octanol–water partition coefficient (Wildman–Crippen LogP) is 2.95. The third-order valence-electron chi connectivity index (χ3n) is 3.45. The molecule has 2 aromatic rings. The van der Waals surface area contributed by atoms with E-state index in [0.717, 1.165) is 31.6 Å². The Kier molecular flexibility index (Phi) is 4.59. The number of benzene rings is 1. The van der Waals surface area contributed by atoms with E-state index in [-0.39, 0.29) is 0 Å². The Balaban J connectivity index is 2.19. The molecule has 100 valence electrons. The summed E-state index contributed by atoms with van der Waals surface area (Å²) in [6.07, 6.45) is 7.19. The zero-order valence-corrected chi connectivity index (χ0v) is 11.7. The number of fused-ring (bicyclic) bond motifs is 1. The first-order valence-electron chi connectivity index (χ1n) is 6.91. The topological polar surface area (TPSA) is 29.9 Å². The Bertz CT molecular complexity index is 577. The van der Waals surface area contributed by atoms with Crippen molar-refractivity contribution in [2.45, 2.75) is 45.8 Å². The van der Waals surface area contributed by atoms with Crippen molar-refractivity contribution in [3.63, 3.8) is 0 Å². The van der Waals surface area contributed by atoms with Gasteiger partial charge in [-0.05, 0) is 19.4 Å². The summed E-state index contributed by atoms with van der Waals surface area (Å²) in [5.74, 6) is 2.72. The van der Waals surface area contributed by atoms with Crippen LogP contribution in [0.1, 0.15) is 32.4 Å². The maximum Gasteiger partial charge on any atom is 0.0841 e. The van der Waals surface area contributed by atoms with Crippen molar-refractivity contribution in [1.29, 1.82) is 0 Å². The van der Waals surface area contributed by atoms with Crippen molar-refractivity contribution in [3.8, 4) is 12.3 Å². The van der Waals surface area contributed by atoms with E-state index in [4.69, 9.17) is 6.42 Å². The van der Waals surface area contributed by atoms with Crippen molar-refractivity contribution < 1.29 is 0 Å². The molecule has 0 aliphatic heterocycles. The van der Waals surface area contributed by atoms with Gasteiger partial charge in [-0.25, -0.2) is 0 Å². The first kappa shape index (κ1) is 13.6. The second-order valence-corrected chi connectivity index (χ2v) is 4.67. The molecule has 0 bridgehead atoms. The number of hydrogen-bond acceptors (Lipinski definition) is 2. The summed E-state index contributed by atoms with van der Waals surface area (Å²) in [5, 5.41) is 9.40. The number of aromatic nitrogens is 2. The minimum absolute atomic E-state index is 0.371. The van der Waals surface area contributed by atoms with Gasteiger partial charge < -0.3 is 5.32 Å². The second kappa shape index (κ2) is 6.40. The van der Waals surface area contributed by atoms with Gasteiger partial charge in [-0.1, -0.05) is 25.1 Å². The van der Waals surface area contributed by atoms with Crippen LogP contribution in [-0.2, 0) is 13.1 Å². The number of hydrogen-bond donors (Lipinski definition) is 1. The van der Waals surface area contributed by atoms with Gasteiger partial charge in [0.2, 0.25) is 0 Å².